The van der Waals surface area contributed by atoms with Crippen molar-refractivity contribution in [1.82, 2.24) is 9.80 Å². The third-order valence-electron chi connectivity index (χ3n) is 6.65. The van der Waals surface area contributed by atoms with Crippen molar-refractivity contribution >= 4 is 23.2 Å². The van der Waals surface area contributed by atoms with Crippen molar-refractivity contribution in [3.63, 3.8) is 0 Å². The molecule has 0 bridgehead atoms. The molecule has 3 aromatic rings. The van der Waals surface area contributed by atoms with Gasteiger partial charge in [-0.05, 0) is 67.1 Å². The van der Waals surface area contributed by atoms with Crippen molar-refractivity contribution in [1.29, 1.82) is 0 Å². The summed E-state index contributed by atoms with van der Waals surface area (Å²) in [6, 6.07) is 14.7. The summed E-state index contributed by atoms with van der Waals surface area (Å²) in [6.45, 7) is 4.52. The van der Waals surface area contributed by atoms with Crippen molar-refractivity contribution in [3.8, 4) is 11.5 Å². The Balaban J connectivity index is 1.56. The molecule has 1 aromatic heterocycles. The number of methoxy groups -OCH3 is 1. The zero-order chi connectivity index (χ0) is 25.7. The second-order valence-electron chi connectivity index (χ2n) is 8.82. The van der Waals surface area contributed by atoms with Crippen LogP contribution in [0.15, 0.2) is 60.0 Å². The summed E-state index contributed by atoms with van der Waals surface area (Å²) in [5.74, 6) is -0.0811. The van der Waals surface area contributed by atoms with Crippen molar-refractivity contribution in [3.05, 3.63) is 81.8 Å². The summed E-state index contributed by atoms with van der Waals surface area (Å²) in [5, 5.41) is 2.01. The van der Waals surface area contributed by atoms with Gasteiger partial charge in [-0.1, -0.05) is 25.1 Å². The fourth-order valence-electron chi connectivity index (χ4n) is 4.41. The topological polar surface area (TPSA) is 59.1 Å². The lowest BCUT2D eigenvalue weighted by Gasteiger charge is -2.38. The minimum atomic E-state index is -0.441. The first-order valence-electron chi connectivity index (χ1n) is 12.1. The molecule has 2 aromatic carbocycles. The maximum Gasteiger partial charge on any atom is 0.254 e. The summed E-state index contributed by atoms with van der Waals surface area (Å²) in [5.41, 5.74) is 1.49. The summed E-state index contributed by atoms with van der Waals surface area (Å²) < 4.78 is 25.3. The molecule has 0 saturated carbocycles. The Labute approximate surface area is 215 Å². The number of hydrogen-bond donors (Lipinski definition) is 0. The maximum absolute atomic E-state index is 14.2. The third kappa shape index (κ3) is 5.54. The molecule has 6 nitrogen and oxygen atoms in total. The van der Waals surface area contributed by atoms with Gasteiger partial charge >= 0.3 is 0 Å². The molecule has 8 heteroatoms. The molecule has 190 valence electrons. The van der Waals surface area contributed by atoms with E-state index in [1.807, 2.05) is 25.3 Å². The average Bonchev–Trinajstić information content (AvgIpc) is 3.39. The number of ether oxygens (including phenoxy) is 2. The SMILES string of the molecule is CC[C@@H](C)N(CC(=O)N1CCc2sccc2[C@H]1COc1ccccc1F)C(=O)c1cccc(OC)c1. The van der Waals surface area contributed by atoms with Crippen LogP contribution in [0.25, 0.3) is 0 Å². The van der Waals surface area contributed by atoms with Crippen LogP contribution in [0, 0.1) is 5.82 Å². The molecular weight excluding hydrogens is 479 g/mol. The molecule has 0 unspecified atom stereocenters. The smallest absolute Gasteiger partial charge is 0.254 e. The van der Waals surface area contributed by atoms with Crippen molar-refractivity contribution in [2.75, 3.05) is 26.8 Å². The second kappa shape index (κ2) is 11.6. The summed E-state index contributed by atoms with van der Waals surface area (Å²) in [6.07, 6.45) is 1.44. The van der Waals surface area contributed by atoms with E-state index in [9.17, 15) is 14.0 Å². The number of para-hydroxylation sites is 1. The Morgan fingerprint density at radius 1 is 1.19 bits per heavy atom. The average molecular weight is 511 g/mol. The molecule has 0 fully saturated rings. The number of thiophene rings is 1. The number of amides is 2. The molecule has 36 heavy (non-hydrogen) atoms. The first-order chi connectivity index (χ1) is 17.4. The number of carbonyl (C=O) groups excluding carboxylic acids is 2. The van der Waals surface area contributed by atoms with Gasteiger partial charge in [0.25, 0.3) is 5.91 Å². The van der Waals surface area contributed by atoms with Crippen LogP contribution in [-0.4, -0.2) is 54.5 Å². The second-order valence-corrected chi connectivity index (χ2v) is 9.82. The van der Waals surface area contributed by atoms with E-state index in [0.717, 1.165) is 12.0 Å². The van der Waals surface area contributed by atoms with Gasteiger partial charge in [-0.25, -0.2) is 4.39 Å². The standard InChI is InChI=1S/C28H31FN2O4S/c1-4-19(2)31(28(33)20-8-7-9-21(16-20)34-3)17-27(32)30-14-12-26-22(13-15-36-26)24(30)18-35-25-11-6-5-10-23(25)29/h5-11,13,15-16,19,24H,4,12,14,17-18H2,1-3H3/t19-,24-/m1/s1. The zero-order valence-electron chi connectivity index (χ0n) is 20.8. The van der Waals surface area contributed by atoms with E-state index in [2.05, 4.69) is 0 Å². The number of halogens is 1. The number of rotatable bonds is 9. The fraction of sp³-hybridized carbons (Fsp3) is 0.357. The summed E-state index contributed by atoms with van der Waals surface area (Å²) in [4.78, 5) is 31.7. The van der Waals surface area contributed by atoms with E-state index in [1.165, 1.54) is 10.9 Å². The Kier molecular flexibility index (Phi) is 8.25. The Morgan fingerprint density at radius 3 is 2.75 bits per heavy atom. The van der Waals surface area contributed by atoms with E-state index >= 15 is 0 Å². The number of hydrogen-bond acceptors (Lipinski definition) is 5. The molecule has 1 aliphatic heterocycles. The van der Waals surface area contributed by atoms with Crippen LogP contribution in [-0.2, 0) is 11.2 Å². The van der Waals surface area contributed by atoms with Crippen molar-refractivity contribution < 1.29 is 23.5 Å². The third-order valence-corrected chi connectivity index (χ3v) is 7.65. The number of fused-ring (bicyclic) bond motifs is 1. The monoisotopic (exact) mass is 510 g/mol. The van der Waals surface area contributed by atoms with Gasteiger partial charge in [-0.3, -0.25) is 9.59 Å². The van der Waals surface area contributed by atoms with Crippen molar-refractivity contribution in [2.24, 2.45) is 0 Å². The highest BCUT2D eigenvalue weighted by atomic mass is 32.1. The van der Waals surface area contributed by atoms with Gasteiger partial charge in [-0.15, -0.1) is 11.3 Å². The van der Waals surface area contributed by atoms with Crippen LogP contribution in [0.2, 0.25) is 0 Å². The van der Waals surface area contributed by atoms with Gasteiger partial charge in [0.1, 0.15) is 18.9 Å². The van der Waals surface area contributed by atoms with E-state index in [1.54, 1.807) is 70.7 Å². The number of benzene rings is 2. The van der Waals surface area contributed by atoms with Gasteiger partial charge in [0.2, 0.25) is 5.91 Å². The van der Waals surface area contributed by atoms with E-state index in [-0.39, 0.29) is 42.8 Å². The maximum atomic E-state index is 14.2. The van der Waals surface area contributed by atoms with Crippen LogP contribution >= 0.6 is 11.3 Å². The van der Waals surface area contributed by atoms with Crippen LogP contribution in [0.1, 0.15) is 47.1 Å². The lowest BCUT2D eigenvalue weighted by atomic mass is 10.00. The van der Waals surface area contributed by atoms with E-state index in [4.69, 9.17) is 9.47 Å². The lowest BCUT2D eigenvalue weighted by Crippen LogP contribution is -2.49. The molecule has 0 spiro atoms. The number of nitrogens with zero attached hydrogens (tertiary/aromatic N) is 2. The van der Waals surface area contributed by atoms with Gasteiger partial charge in [0.15, 0.2) is 11.6 Å². The molecule has 4 rings (SSSR count). The Hall–Kier alpha value is -3.39. The molecule has 2 atom stereocenters. The van der Waals surface area contributed by atoms with Gasteiger partial charge in [-0.2, -0.15) is 0 Å². The Bertz CT molecular complexity index is 1210. The highest BCUT2D eigenvalue weighted by molar-refractivity contribution is 7.10. The summed E-state index contributed by atoms with van der Waals surface area (Å²) in [7, 11) is 1.55. The first-order valence-corrected chi connectivity index (χ1v) is 13.0. The first kappa shape index (κ1) is 25.7. The van der Waals surface area contributed by atoms with E-state index in [0.29, 0.717) is 24.3 Å². The van der Waals surface area contributed by atoms with Crippen LogP contribution in [0.3, 0.4) is 0 Å². The van der Waals surface area contributed by atoms with Gasteiger partial charge < -0.3 is 19.3 Å². The molecule has 2 heterocycles. The van der Waals surface area contributed by atoms with E-state index < -0.39 is 5.82 Å². The molecule has 1 aliphatic rings. The van der Waals surface area contributed by atoms with Crippen LogP contribution < -0.4 is 9.47 Å². The van der Waals surface area contributed by atoms with Crippen LogP contribution in [0.5, 0.6) is 11.5 Å². The quantitative estimate of drug-likeness (QED) is 0.390. The molecule has 0 radical (unpaired) electrons. The minimum Gasteiger partial charge on any atom is -0.497 e. The molecule has 0 N–H and O–H groups in total. The molecular formula is C28H31FN2O4S. The zero-order valence-corrected chi connectivity index (χ0v) is 21.6. The molecule has 0 aliphatic carbocycles. The van der Waals surface area contributed by atoms with Crippen LogP contribution in [0.4, 0.5) is 4.39 Å². The van der Waals surface area contributed by atoms with Gasteiger partial charge in [0.05, 0.1) is 13.2 Å². The van der Waals surface area contributed by atoms with Crippen molar-refractivity contribution in [2.45, 2.75) is 38.8 Å². The molecule has 0 saturated heterocycles. The van der Waals surface area contributed by atoms with Gasteiger partial charge in [0, 0.05) is 23.0 Å². The highest BCUT2D eigenvalue weighted by Crippen LogP contribution is 2.34. The minimum absolute atomic E-state index is 0.0548. The largest absolute Gasteiger partial charge is 0.497 e. The predicted octanol–water partition coefficient (Wildman–Crippen LogP) is 5.34. The Morgan fingerprint density at radius 2 is 2.00 bits per heavy atom. The molecule has 2 amide bonds. The highest BCUT2D eigenvalue weighted by Gasteiger charge is 2.34. The predicted molar refractivity (Wildman–Crippen MR) is 138 cm³/mol. The normalized spacial score (nSPS) is 15.7. The fourth-order valence-corrected chi connectivity index (χ4v) is 5.34. The lowest BCUT2D eigenvalue weighted by molar-refractivity contribution is -0.136. The number of carbonyl (C=O) groups is 2. The summed E-state index contributed by atoms with van der Waals surface area (Å²) >= 11 is 1.65.